The molecule has 0 fully saturated rings. The standard InChI is InChI=1S/C46H28N2O/c1-3-12-29(13-4-1)44-43-41-28-34(23-25-42(41)49-46(43)48-45(47-44)30-14-5-2-6-15-30)32-17-11-16-31(26-32)33-22-24-39-37-20-8-7-18-35(37)36-19-9-10-21-38(36)40(39)27-33/h1-28H. The summed E-state index contributed by atoms with van der Waals surface area (Å²) in [6, 6.07) is 60.0. The molecule has 0 saturated carbocycles. The molecule has 0 saturated heterocycles. The van der Waals surface area contributed by atoms with Crippen LogP contribution in [0.3, 0.4) is 0 Å². The van der Waals surface area contributed by atoms with Crippen LogP contribution in [-0.4, -0.2) is 9.97 Å². The minimum atomic E-state index is 0.588. The summed E-state index contributed by atoms with van der Waals surface area (Å²) in [5, 5.41) is 9.61. The van der Waals surface area contributed by atoms with Crippen molar-refractivity contribution in [2.24, 2.45) is 0 Å². The summed E-state index contributed by atoms with van der Waals surface area (Å²) in [6.45, 7) is 0. The number of fused-ring (bicyclic) bond motifs is 9. The summed E-state index contributed by atoms with van der Waals surface area (Å²) in [5.74, 6) is 0.648. The predicted octanol–water partition coefficient (Wildman–Crippen LogP) is 12.5. The average Bonchev–Trinajstić information content (AvgIpc) is 3.56. The molecule has 2 aromatic heterocycles. The van der Waals surface area contributed by atoms with Crippen molar-refractivity contribution in [3.63, 3.8) is 0 Å². The topological polar surface area (TPSA) is 38.9 Å². The van der Waals surface area contributed by atoms with Crippen LogP contribution in [0.4, 0.5) is 0 Å². The molecule has 49 heavy (non-hydrogen) atoms. The van der Waals surface area contributed by atoms with E-state index in [0.717, 1.165) is 44.3 Å². The Morgan fingerprint density at radius 2 is 0.816 bits per heavy atom. The molecule has 0 N–H and O–H groups in total. The van der Waals surface area contributed by atoms with Crippen molar-refractivity contribution in [1.29, 1.82) is 0 Å². The summed E-state index contributed by atoms with van der Waals surface area (Å²) in [4.78, 5) is 10.0. The SMILES string of the molecule is c1ccc(-c2nc(-c3ccccc3)c3c(n2)oc2ccc(-c4cccc(-c5ccc6c7ccccc7c7ccccc7c6c5)c4)cc23)cc1. The quantitative estimate of drug-likeness (QED) is 0.183. The van der Waals surface area contributed by atoms with Crippen LogP contribution in [0.5, 0.6) is 0 Å². The summed E-state index contributed by atoms with van der Waals surface area (Å²) in [5.41, 5.74) is 8.84. The van der Waals surface area contributed by atoms with Gasteiger partial charge in [-0.25, -0.2) is 4.98 Å². The van der Waals surface area contributed by atoms with E-state index in [2.05, 4.69) is 121 Å². The van der Waals surface area contributed by atoms with Gasteiger partial charge in [0.1, 0.15) is 5.58 Å². The molecule has 228 valence electrons. The van der Waals surface area contributed by atoms with E-state index in [1.165, 1.54) is 43.4 Å². The van der Waals surface area contributed by atoms with Gasteiger partial charge in [-0.3, -0.25) is 0 Å². The normalized spacial score (nSPS) is 11.7. The van der Waals surface area contributed by atoms with Gasteiger partial charge in [-0.15, -0.1) is 0 Å². The second-order valence-corrected chi connectivity index (χ2v) is 12.6. The minimum absolute atomic E-state index is 0.588. The highest BCUT2D eigenvalue weighted by molar-refractivity contribution is 6.25. The summed E-state index contributed by atoms with van der Waals surface area (Å²) in [7, 11) is 0. The van der Waals surface area contributed by atoms with Crippen LogP contribution >= 0.6 is 0 Å². The predicted molar refractivity (Wildman–Crippen MR) is 204 cm³/mol. The number of aromatic nitrogens is 2. The third-order valence-electron chi connectivity index (χ3n) is 9.68. The second-order valence-electron chi connectivity index (χ2n) is 12.6. The number of hydrogen-bond donors (Lipinski definition) is 0. The van der Waals surface area contributed by atoms with E-state index in [1.807, 2.05) is 48.5 Å². The average molecular weight is 625 g/mol. The fourth-order valence-electron chi connectivity index (χ4n) is 7.34. The number of furan rings is 1. The van der Waals surface area contributed by atoms with Crippen molar-refractivity contribution in [3.8, 4) is 44.9 Å². The molecular formula is C46H28N2O. The highest BCUT2D eigenvalue weighted by Crippen LogP contribution is 2.40. The fourth-order valence-corrected chi connectivity index (χ4v) is 7.34. The Morgan fingerprint density at radius 1 is 0.327 bits per heavy atom. The molecule has 0 aliphatic rings. The minimum Gasteiger partial charge on any atom is -0.438 e. The largest absolute Gasteiger partial charge is 0.438 e. The van der Waals surface area contributed by atoms with Gasteiger partial charge in [0.25, 0.3) is 0 Å². The van der Waals surface area contributed by atoms with Gasteiger partial charge in [0.2, 0.25) is 5.71 Å². The highest BCUT2D eigenvalue weighted by atomic mass is 16.3. The van der Waals surface area contributed by atoms with Crippen molar-refractivity contribution >= 4 is 54.4 Å². The van der Waals surface area contributed by atoms with Gasteiger partial charge in [-0.2, -0.15) is 4.98 Å². The Kier molecular flexibility index (Phi) is 6.18. The fraction of sp³-hybridized carbons (Fsp3) is 0. The first-order valence-electron chi connectivity index (χ1n) is 16.6. The molecule has 2 heterocycles. The number of nitrogens with zero attached hydrogens (tertiary/aromatic N) is 2. The van der Waals surface area contributed by atoms with Crippen LogP contribution in [0.1, 0.15) is 0 Å². The highest BCUT2D eigenvalue weighted by Gasteiger charge is 2.19. The van der Waals surface area contributed by atoms with Gasteiger partial charge in [0, 0.05) is 16.5 Å². The van der Waals surface area contributed by atoms with E-state index in [-0.39, 0.29) is 0 Å². The molecule has 0 amide bonds. The molecule has 8 aromatic carbocycles. The second kappa shape index (κ2) is 11.0. The Bertz CT molecular complexity index is 2840. The Labute approximate surface area is 282 Å². The van der Waals surface area contributed by atoms with Crippen LogP contribution in [0.2, 0.25) is 0 Å². The lowest BCUT2D eigenvalue weighted by atomic mass is 9.91. The molecule has 3 nitrogen and oxygen atoms in total. The summed E-state index contributed by atoms with van der Waals surface area (Å²) < 4.78 is 6.42. The molecule has 3 heteroatoms. The first-order valence-corrected chi connectivity index (χ1v) is 16.6. The maximum absolute atomic E-state index is 6.42. The zero-order chi connectivity index (χ0) is 32.3. The van der Waals surface area contributed by atoms with E-state index < -0.39 is 0 Å². The van der Waals surface area contributed by atoms with Crippen LogP contribution in [0, 0.1) is 0 Å². The zero-order valence-electron chi connectivity index (χ0n) is 26.5. The maximum atomic E-state index is 6.42. The third kappa shape index (κ3) is 4.51. The molecule has 10 rings (SSSR count). The smallest absolute Gasteiger partial charge is 0.231 e. The molecule has 0 bridgehead atoms. The van der Waals surface area contributed by atoms with E-state index in [0.29, 0.717) is 11.5 Å². The summed E-state index contributed by atoms with van der Waals surface area (Å²) in [6.07, 6.45) is 0. The number of rotatable bonds is 4. The summed E-state index contributed by atoms with van der Waals surface area (Å²) >= 11 is 0. The lowest BCUT2D eigenvalue weighted by Gasteiger charge is -2.12. The van der Waals surface area contributed by atoms with Crippen molar-refractivity contribution < 1.29 is 4.42 Å². The molecule has 10 aromatic rings. The van der Waals surface area contributed by atoms with Crippen LogP contribution in [-0.2, 0) is 0 Å². The van der Waals surface area contributed by atoms with Crippen molar-refractivity contribution in [1.82, 2.24) is 9.97 Å². The van der Waals surface area contributed by atoms with Crippen LogP contribution < -0.4 is 0 Å². The molecule has 0 unspecified atom stereocenters. The van der Waals surface area contributed by atoms with E-state index in [9.17, 15) is 0 Å². The molecule has 0 radical (unpaired) electrons. The Morgan fingerprint density at radius 3 is 1.47 bits per heavy atom. The lowest BCUT2D eigenvalue weighted by Crippen LogP contribution is -1.93. The van der Waals surface area contributed by atoms with Gasteiger partial charge >= 0.3 is 0 Å². The van der Waals surface area contributed by atoms with E-state index in [1.54, 1.807) is 0 Å². The van der Waals surface area contributed by atoms with Gasteiger partial charge in [-0.05, 0) is 78.8 Å². The van der Waals surface area contributed by atoms with E-state index >= 15 is 0 Å². The zero-order valence-corrected chi connectivity index (χ0v) is 26.5. The first kappa shape index (κ1) is 27.5. The van der Waals surface area contributed by atoms with Gasteiger partial charge in [0.15, 0.2) is 5.82 Å². The molecular weight excluding hydrogens is 597 g/mol. The Balaban J connectivity index is 1.13. The molecule has 0 spiro atoms. The van der Waals surface area contributed by atoms with E-state index in [4.69, 9.17) is 14.4 Å². The van der Waals surface area contributed by atoms with Crippen molar-refractivity contribution in [2.75, 3.05) is 0 Å². The molecule has 0 atom stereocenters. The van der Waals surface area contributed by atoms with Crippen molar-refractivity contribution in [3.05, 3.63) is 170 Å². The van der Waals surface area contributed by atoms with Crippen LogP contribution in [0.25, 0.3) is 99.3 Å². The maximum Gasteiger partial charge on any atom is 0.231 e. The van der Waals surface area contributed by atoms with Gasteiger partial charge < -0.3 is 4.42 Å². The monoisotopic (exact) mass is 624 g/mol. The number of benzene rings is 8. The Hall–Kier alpha value is -6.58. The molecule has 0 aliphatic heterocycles. The van der Waals surface area contributed by atoms with Gasteiger partial charge in [0.05, 0.1) is 11.1 Å². The van der Waals surface area contributed by atoms with Gasteiger partial charge in [-0.1, -0.05) is 146 Å². The third-order valence-corrected chi connectivity index (χ3v) is 9.68. The molecule has 0 aliphatic carbocycles. The lowest BCUT2D eigenvalue weighted by molar-refractivity contribution is 0.653. The number of hydrogen-bond acceptors (Lipinski definition) is 3. The van der Waals surface area contributed by atoms with Crippen molar-refractivity contribution in [2.45, 2.75) is 0 Å². The first-order chi connectivity index (χ1) is 24.3. The van der Waals surface area contributed by atoms with Crippen LogP contribution in [0.15, 0.2) is 174 Å².